The van der Waals surface area contributed by atoms with Gasteiger partial charge in [-0.25, -0.2) is 0 Å². The molecule has 1 aliphatic rings. The van der Waals surface area contributed by atoms with Gasteiger partial charge in [-0.1, -0.05) is 24.3 Å². The van der Waals surface area contributed by atoms with Crippen molar-refractivity contribution in [3.8, 4) is 11.8 Å². The molecule has 1 aliphatic heterocycles. The molecular formula is C27H31N5O2S. The maximum Gasteiger partial charge on any atom is 0.239 e. The first-order valence-corrected chi connectivity index (χ1v) is 12.9. The third-order valence-corrected chi connectivity index (χ3v) is 7.61. The van der Waals surface area contributed by atoms with Crippen LogP contribution in [-0.4, -0.2) is 47.5 Å². The zero-order chi connectivity index (χ0) is 24.8. The molecule has 4 rings (SSSR count). The van der Waals surface area contributed by atoms with Crippen LogP contribution in [0.3, 0.4) is 0 Å². The second kappa shape index (κ2) is 11.3. The van der Waals surface area contributed by atoms with E-state index in [2.05, 4.69) is 27.7 Å². The molecule has 0 aliphatic carbocycles. The van der Waals surface area contributed by atoms with Gasteiger partial charge in [-0.15, -0.1) is 11.3 Å². The quantitative estimate of drug-likeness (QED) is 0.500. The molecule has 182 valence electrons. The van der Waals surface area contributed by atoms with E-state index < -0.39 is 0 Å². The molecule has 1 fully saturated rings. The number of thiophene rings is 1. The summed E-state index contributed by atoms with van der Waals surface area (Å²) in [6.07, 6.45) is 2.33. The van der Waals surface area contributed by atoms with Crippen LogP contribution in [0.5, 0.6) is 0 Å². The highest BCUT2D eigenvalue weighted by Crippen LogP contribution is 2.30. The van der Waals surface area contributed by atoms with Crippen molar-refractivity contribution in [2.45, 2.75) is 33.1 Å². The molecule has 2 N–H and O–H groups in total. The van der Waals surface area contributed by atoms with E-state index in [0.717, 1.165) is 36.2 Å². The normalized spacial score (nSPS) is 14.4. The largest absolute Gasteiger partial charge is 0.355 e. The number of aromatic nitrogens is 1. The van der Waals surface area contributed by atoms with Crippen LogP contribution in [0.2, 0.25) is 0 Å². The van der Waals surface area contributed by atoms with Crippen LogP contribution in [0.25, 0.3) is 5.69 Å². The van der Waals surface area contributed by atoms with Gasteiger partial charge in [0.2, 0.25) is 11.8 Å². The van der Waals surface area contributed by atoms with Crippen LogP contribution >= 0.6 is 11.3 Å². The molecule has 35 heavy (non-hydrogen) atoms. The van der Waals surface area contributed by atoms with E-state index in [1.54, 1.807) is 11.3 Å². The molecule has 0 spiro atoms. The molecule has 8 heteroatoms. The lowest BCUT2D eigenvalue weighted by Gasteiger charge is -2.30. The number of nitriles is 1. The summed E-state index contributed by atoms with van der Waals surface area (Å²) in [4.78, 5) is 28.9. The van der Waals surface area contributed by atoms with Gasteiger partial charge in [0.05, 0.1) is 12.1 Å². The predicted molar refractivity (Wildman–Crippen MR) is 139 cm³/mol. The number of benzene rings is 1. The lowest BCUT2D eigenvalue weighted by molar-refractivity contribution is -0.126. The van der Waals surface area contributed by atoms with Gasteiger partial charge in [-0.05, 0) is 75.3 Å². The Labute approximate surface area is 210 Å². The lowest BCUT2D eigenvalue weighted by Crippen LogP contribution is -2.43. The lowest BCUT2D eigenvalue weighted by atomic mass is 9.96. The molecule has 7 nitrogen and oxygen atoms in total. The van der Waals surface area contributed by atoms with Crippen LogP contribution in [0, 0.1) is 31.1 Å². The Hall–Kier alpha value is -3.41. The molecule has 0 bridgehead atoms. The van der Waals surface area contributed by atoms with Gasteiger partial charge in [0.1, 0.15) is 11.9 Å². The van der Waals surface area contributed by atoms with Gasteiger partial charge >= 0.3 is 0 Å². The molecule has 2 aromatic heterocycles. The van der Waals surface area contributed by atoms with Crippen LogP contribution in [0.1, 0.15) is 34.5 Å². The average molecular weight is 490 g/mol. The van der Waals surface area contributed by atoms with E-state index in [9.17, 15) is 14.9 Å². The molecule has 3 heterocycles. The Morgan fingerprint density at radius 2 is 1.86 bits per heavy atom. The summed E-state index contributed by atoms with van der Waals surface area (Å²) in [6.45, 7) is 6.13. The summed E-state index contributed by atoms with van der Waals surface area (Å²) in [5, 5.41) is 17.9. The van der Waals surface area contributed by atoms with Gasteiger partial charge < -0.3 is 10.6 Å². The first-order chi connectivity index (χ1) is 17.0. The number of hydrogen-bond acceptors (Lipinski definition) is 5. The van der Waals surface area contributed by atoms with Gasteiger partial charge in [0.15, 0.2) is 0 Å². The second-order valence-electron chi connectivity index (χ2n) is 8.94. The van der Waals surface area contributed by atoms with Gasteiger partial charge in [0, 0.05) is 28.7 Å². The molecule has 2 amide bonds. The summed E-state index contributed by atoms with van der Waals surface area (Å²) >= 11 is 1.71. The highest BCUT2D eigenvalue weighted by molar-refractivity contribution is 7.09. The fraction of sp³-hybridized carbons (Fsp3) is 0.370. The summed E-state index contributed by atoms with van der Waals surface area (Å²) in [5.74, 6) is 0.452. The number of anilines is 1. The Balaban J connectivity index is 1.32. The van der Waals surface area contributed by atoms with E-state index in [1.165, 1.54) is 4.88 Å². The zero-order valence-corrected chi connectivity index (χ0v) is 21.0. The number of likely N-dealkylation sites (tertiary alicyclic amines) is 1. The molecule has 1 aromatic carbocycles. The number of rotatable bonds is 8. The van der Waals surface area contributed by atoms with Crippen molar-refractivity contribution in [3.05, 3.63) is 69.5 Å². The van der Waals surface area contributed by atoms with E-state index in [4.69, 9.17) is 0 Å². The van der Waals surface area contributed by atoms with Gasteiger partial charge in [0.25, 0.3) is 0 Å². The van der Waals surface area contributed by atoms with Crippen molar-refractivity contribution in [2.24, 2.45) is 5.92 Å². The minimum Gasteiger partial charge on any atom is -0.355 e. The Bertz CT molecular complexity index is 1200. The standard InChI is InChI=1S/C27H31N5O2S/c1-19-20(2)32(22-7-4-3-5-8-22)26(24(19)17-28)30-25(33)18-31-14-11-21(12-15-31)27(34)29-13-10-23-9-6-16-35-23/h3-9,16,21H,10-15,18H2,1-2H3,(H,29,34)(H,30,33). The number of para-hydroxylation sites is 1. The Morgan fingerprint density at radius 1 is 1.11 bits per heavy atom. The second-order valence-corrected chi connectivity index (χ2v) is 9.97. The third kappa shape index (κ3) is 5.81. The van der Waals surface area contributed by atoms with Crippen LogP contribution in [-0.2, 0) is 16.0 Å². The van der Waals surface area contributed by atoms with Gasteiger partial charge in [-0.3, -0.25) is 19.1 Å². The number of carbonyl (C=O) groups is 2. The maximum absolute atomic E-state index is 13.0. The summed E-state index contributed by atoms with van der Waals surface area (Å²) in [7, 11) is 0. The highest BCUT2D eigenvalue weighted by Gasteiger charge is 2.27. The minimum absolute atomic E-state index is 0.0107. The van der Waals surface area contributed by atoms with Crippen molar-refractivity contribution in [2.75, 3.05) is 31.5 Å². The fourth-order valence-corrected chi connectivity index (χ4v) is 5.31. The molecule has 0 atom stereocenters. The van der Waals surface area contributed by atoms with E-state index in [0.29, 0.717) is 31.0 Å². The van der Waals surface area contributed by atoms with E-state index >= 15 is 0 Å². The molecule has 0 saturated carbocycles. The molecule has 3 aromatic rings. The number of nitrogens with one attached hydrogen (secondary N) is 2. The summed E-state index contributed by atoms with van der Waals surface area (Å²) in [5.41, 5.74) is 3.17. The van der Waals surface area contributed by atoms with Crippen LogP contribution in [0.15, 0.2) is 47.8 Å². The molecule has 0 radical (unpaired) electrons. The molecular weight excluding hydrogens is 458 g/mol. The number of piperidine rings is 1. The topological polar surface area (TPSA) is 90.2 Å². The Kier molecular flexibility index (Phi) is 8.01. The van der Waals surface area contributed by atoms with Crippen molar-refractivity contribution >= 4 is 29.0 Å². The maximum atomic E-state index is 13.0. The van der Waals surface area contributed by atoms with Gasteiger partial charge in [-0.2, -0.15) is 5.26 Å². The predicted octanol–water partition coefficient (Wildman–Crippen LogP) is 4.04. The Morgan fingerprint density at radius 3 is 2.51 bits per heavy atom. The zero-order valence-electron chi connectivity index (χ0n) is 20.2. The SMILES string of the molecule is Cc1c(C#N)c(NC(=O)CN2CCC(C(=O)NCCc3cccs3)CC2)n(-c2ccccc2)c1C. The van der Waals surface area contributed by atoms with Crippen LogP contribution < -0.4 is 10.6 Å². The third-order valence-electron chi connectivity index (χ3n) is 6.67. The number of amides is 2. The van der Waals surface area contributed by atoms with Crippen molar-refractivity contribution in [1.29, 1.82) is 5.26 Å². The number of nitrogens with zero attached hydrogens (tertiary/aromatic N) is 3. The molecule has 1 saturated heterocycles. The highest BCUT2D eigenvalue weighted by atomic mass is 32.1. The van der Waals surface area contributed by atoms with Crippen LogP contribution in [0.4, 0.5) is 5.82 Å². The summed E-state index contributed by atoms with van der Waals surface area (Å²) in [6, 6.07) is 16.1. The van der Waals surface area contributed by atoms with Crippen molar-refractivity contribution < 1.29 is 9.59 Å². The monoisotopic (exact) mass is 489 g/mol. The smallest absolute Gasteiger partial charge is 0.239 e. The first kappa shape index (κ1) is 24.7. The van der Waals surface area contributed by atoms with E-state index in [1.807, 2.05) is 60.2 Å². The molecule has 0 unspecified atom stereocenters. The summed E-state index contributed by atoms with van der Waals surface area (Å²) < 4.78 is 1.93. The average Bonchev–Trinajstić information content (AvgIpc) is 3.46. The fourth-order valence-electron chi connectivity index (χ4n) is 4.60. The van der Waals surface area contributed by atoms with E-state index in [-0.39, 0.29) is 24.3 Å². The van der Waals surface area contributed by atoms with Crippen molar-refractivity contribution in [3.63, 3.8) is 0 Å². The number of hydrogen-bond donors (Lipinski definition) is 2. The first-order valence-electron chi connectivity index (χ1n) is 12.0. The van der Waals surface area contributed by atoms with Crippen molar-refractivity contribution in [1.82, 2.24) is 14.8 Å². The number of carbonyl (C=O) groups excluding carboxylic acids is 2. The minimum atomic E-state index is -0.157.